The molecule has 2 aromatic rings. The lowest BCUT2D eigenvalue weighted by molar-refractivity contribution is 0.0938. The summed E-state index contributed by atoms with van der Waals surface area (Å²) in [6, 6.07) is 15.6. The molecule has 0 bridgehead atoms. The Morgan fingerprint density at radius 2 is 1.93 bits per heavy atom. The normalized spacial score (nSPS) is 15.0. The second-order valence-electron chi connectivity index (χ2n) is 7.32. The predicted octanol–water partition coefficient (Wildman–Crippen LogP) is 3.54. The molecule has 1 N–H and O–H groups in total. The lowest BCUT2D eigenvalue weighted by atomic mass is 10.00. The highest BCUT2D eigenvalue weighted by Crippen LogP contribution is 2.30. The fourth-order valence-corrected chi connectivity index (χ4v) is 4.75. The summed E-state index contributed by atoms with van der Waals surface area (Å²) in [6.07, 6.45) is 3.33. The zero-order chi connectivity index (χ0) is 20.1. The van der Waals surface area contributed by atoms with E-state index in [9.17, 15) is 13.2 Å². The monoisotopic (exact) mass is 400 g/mol. The predicted molar refractivity (Wildman–Crippen MR) is 113 cm³/mol. The number of hydrogen-bond acceptors (Lipinski definition) is 3. The third-order valence-electron chi connectivity index (χ3n) is 5.20. The van der Waals surface area contributed by atoms with Gasteiger partial charge in [-0.05, 0) is 68.9 Å². The van der Waals surface area contributed by atoms with Crippen molar-refractivity contribution < 1.29 is 13.2 Å². The van der Waals surface area contributed by atoms with E-state index in [2.05, 4.69) is 17.4 Å². The van der Waals surface area contributed by atoms with Gasteiger partial charge in [-0.1, -0.05) is 30.3 Å². The van der Waals surface area contributed by atoms with Crippen molar-refractivity contribution in [1.29, 1.82) is 0 Å². The molecule has 0 saturated heterocycles. The minimum Gasteiger partial charge on any atom is -0.350 e. The third kappa shape index (κ3) is 4.73. The van der Waals surface area contributed by atoms with E-state index < -0.39 is 10.0 Å². The molecule has 0 aliphatic carbocycles. The standard InChI is InChI=1S/C22H28N2O3S/c1-3-28(26,27)24-15-7-10-19-16-20(13-14-21(19)24)22(25)23-17(2)11-12-18-8-5-4-6-9-18/h4-6,8-9,13-14,16-17H,3,7,10-12,15H2,1-2H3,(H,23,25). The van der Waals surface area contributed by atoms with Crippen LogP contribution in [0.1, 0.15) is 48.2 Å². The first kappa shape index (κ1) is 20.4. The van der Waals surface area contributed by atoms with E-state index in [1.165, 1.54) is 9.87 Å². The summed E-state index contributed by atoms with van der Waals surface area (Å²) >= 11 is 0. The molecule has 1 amide bonds. The number of benzene rings is 2. The number of hydrogen-bond donors (Lipinski definition) is 1. The molecule has 0 fully saturated rings. The number of sulfonamides is 1. The van der Waals surface area contributed by atoms with Crippen LogP contribution >= 0.6 is 0 Å². The highest BCUT2D eigenvalue weighted by molar-refractivity contribution is 7.92. The van der Waals surface area contributed by atoms with Gasteiger partial charge in [-0.2, -0.15) is 0 Å². The Hall–Kier alpha value is -2.34. The minimum absolute atomic E-state index is 0.0562. The number of carbonyl (C=O) groups is 1. The van der Waals surface area contributed by atoms with Gasteiger partial charge in [0.2, 0.25) is 10.0 Å². The largest absolute Gasteiger partial charge is 0.350 e. The number of rotatable bonds is 7. The maximum Gasteiger partial charge on any atom is 0.251 e. The van der Waals surface area contributed by atoms with Crippen molar-refractivity contribution in [2.24, 2.45) is 0 Å². The van der Waals surface area contributed by atoms with Crippen molar-refractivity contribution in [1.82, 2.24) is 5.32 Å². The summed E-state index contributed by atoms with van der Waals surface area (Å²) in [4.78, 5) is 12.6. The molecule has 0 radical (unpaired) electrons. The number of fused-ring (bicyclic) bond motifs is 1. The van der Waals surface area contributed by atoms with Gasteiger partial charge in [-0.25, -0.2) is 8.42 Å². The molecule has 1 unspecified atom stereocenters. The molecule has 1 atom stereocenters. The average Bonchev–Trinajstić information content (AvgIpc) is 2.72. The van der Waals surface area contributed by atoms with Gasteiger partial charge < -0.3 is 5.32 Å². The molecule has 2 aromatic carbocycles. The lowest BCUT2D eigenvalue weighted by Crippen LogP contribution is -2.37. The van der Waals surface area contributed by atoms with Crippen molar-refractivity contribution in [3.05, 3.63) is 65.2 Å². The molecule has 5 nitrogen and oxygen atoms in total. The molecule has 6 heteroatoms. The molecule has 1 heterocycles. The second-order valence-corrected chi connectivity index (χ2v) is 9.50. The van der Waals surface area contributed by atoms with Crippen molar-refractivity contribution in [2.75, 3.05) is 16.6 Å². The number of anilines is 1. The van der Waals surface area contributed by atoms with Gasteiger partial charge >= 0.3 is 0 Å². The molecule has 3 rings (SSSR count). The van der Waals surface area contributed by atoms with E-state index >= 15 is 0 Å². The fourth-order valence-electron chi connectivity index (χ4n) is 3.56. The van der Waals surface area contributed by atoms with Crippen molar-refractivity contribution in [3.63, 3.8) is 0 Å². The molecular weight excluding hydrogens is 372 g/mol. The maximum atomic E-state index is 12.6. The smallest absolute Gasteiger partial charge is 0.251 e. The Bertz CT molecular complexity index is 926. The van der Waals surface area contributed by atoms with Crippen LogP contribution in [0, 0.1) is 0 Å². The highest BCUT2D eigenvalue weighted by Gasteiger charge is 2.26. The van der Waals surface area contributed by atoms with Crippen LogP contribution in [0.4, 0.5) is 5.69 Å². The Morgan fingerprint density at radius 1 is 1.18 bits per heavy atom. The first-order valence-corrected chi connectivity index (χ1v) is 11.5. The van der Waals surface area contributed by atoms with Crippen LogP contribution < -0.4 is 9.62 Å². The number of nitrogens with one attached hydrogen (secondary N) is 1. The SMILES string of the molecule is CCS(=O)(=O)N1CCCc2cc(C(=O)NC(C)CCc3ccccc3)ccc21. The molecule has 0 spiro atoms. The lowest BCUT2D eigenvalue weighted by Gasteiger charge is -2.30. The molecular formula is C22H28N2O3S. The van der Waals surface area contributed by atoms with Gasteiger partial charge in [0, 0.05) is 18.2 Å². The van der Waals surface area contributed by atoms with Gasteiger partial charge in [0.1, 0.15) is 0 Å². The van der Waals surface area contributed by atoms with E-state index in [0.717, 1.165) is 31.2 Å². The van der Waals surface area contributed by atoms with E-state index in [4.69, 9.17) is 0 Å². The van der Waals surface area contributed by atoms with Crippen molar-refractivity contribution in [3.8, 4) is 0 Å². The van der Waals surface area contributed by atoms with Crippen molar-refractivity contribution in [2.45, 2.75) is 45.6 Å². The van der Waals surface area contributed by atoms with Crippen LogP contribution in [-0.2, 0) is 22.9 Å². The zero-order valence-corrected chi connectivity index (χ0v) is 17.3. The molecule has 28 heavy (non-hydrogen) atoms. The Kier molecular flexibility index (Phi) is 6.39. The molecule has 0 saturated carbocycles. The molecule has 150 valence electrons. The topological polar surface area (TPSA) is 66.5 Å². The Morgan fingerprint density at radius 3 is 2.64 bits per heavy atom. The summed E-state index contributed by atoms with van der Waals surface area (Å²) in [6.45, 7) is 4.17. The van der Waals surface area contributed by atoms with E-state index in [1.807, 2.05) is 31.2 Å². The Labute approximate surface area is 167 Å². The van der Waals surface area contributed by atoms with Gasteiger partial charge in [-0.15, -0.1) is 0 Å². The summed E-state index contributed by atoms with van der Waals surface area (Å²) in [5, 5.41) is 3.06. The second kappa shape index (κ2) is 8.78. The van der Waals surface area contributed by atoms with Crippen LogP contribution in [-0.4, -0.2) is 32.7 Å². The average molecular weight is 401 g/mol. The first-order chi connectivity index (χ1) is 13.4. The maximum absolute atomic E-state index is 12.6. The van der Waals surface area contributed by atoms with Crippen LogP contribution in [0.25, 0.3) is 0 Å². The zero-order valence-electron chi connectivity index (χ0n) is 16.5. The van der Waals surface area contributed by atoms with E-state index in [-0.39, 0.29) is 17.7 Å². The minimum atomic E-state index is -3.29. The number of amides is 1. The summed E-state index contributed by atoms with van der Waals surface area (Å²) < 4.78 is 26.1. The third-order valence-corrected chi connectivity index (χ3v) is 6.99. The highest BCUT2D eigenvalue weighted by atomic mass is 32.2. The van der Waals surface area contributed by atoms with Gasteiger partial charge in [0.15, 0.2) is 0 Å². The van der Waals surface area contributed by atoms with Crippen molar-refractivity contribution >= 4 is 21.6 Å². The van der Waals surface area contributed by atoms with Crippen LogP contribution in [0.3, 0.4) is 0 Å². The summed E-state index contributed by atoms with van der Waals surface area (Å²) in [7, 11) is -3.29. The van der Waals surface area contributed by atoms with Crippen LogP contribution in [0.5, 0.6) is 0 Å². The van der Waals surface area contributed by atoms with Gasteiger partial charge in [0.25, 0.3) is 5.91 Å². The van der Waals surface area contributed by atoms with E-state index in [1.54, 1.807) is 19.1 Å². The quantitative estimate of drug-likeness (QED) is 0.773. The summed E-state index contributed by atoms with van der Waals surface area (Å²) in [5.74, 6) is -0.0352. The molecule has 0 aromatic heterocycles. The number of nitrogens with zero attached hydrogens (tertiary/aromatic N) is 1. The number of carbonyl (C=O) groups excluding carboxylic acids is 1. The molecule has 1 aliphatic heterocycles. The van der Waals surface area contributed by atoms with Gasteiger partial charge in [-0.3, -0.25) is 9.10 Å². The van der Waals surface area contributed by atoms with Crippen LogP contribution in [0.2, 0.25) is 0 Å². The number of aryl methyl sites for hydroxylation is 2. The van der Waals surface area contributed by atoms with E-state index in [0.29, 0.717) is 17.8 Å². The molecule has 1 aliphatic rings. The van der Waals surface area contributed by atoms with Gasteiger partial charge in [0.05, 0.1) is 11.4 Å². The Balaban J connectivity index is 1.66. The first-order valence-electron chi connectivity index (χ1n) is 9.89. The summed E-state index contributed by atoms with van der Waals surface area (Å²) in [5.41, 5.74) is 3.48. The van der Waals surface area contributed by atoms with Crippen LogP contribution in [0.15, 0.2) is 48.5 Å². The fraction of sp³-hybridized carbons (Fsp3) is 0.409.